The first-order valence-electron chi connectivity index (χ1n) is 7.84. The van der Waals surface area contributed by atoms with Crippen LogP contribution in [0.2, 0.25) is 0 Å². The molecule has 2 unspecified atom stereocenters. The molecule has 1 aromatic rings. The van der Waals surface area contributed by atoms with Crippen LogP contribution in [-0.4, -0.2) is 10.2 Å². The second-order valence-corrected chi connectivity index (χ2v) is 6.91. The van der Waals surface area contributed by atoms with Crippen LogP contribution in [0.25, 0.3) is 0 Å². The van der Waals surface area contributed by atoms with E-state index in [0.29, 0.717) is 17.4 Å². The lowest BCUT2D eigenvalue weighted by molar-refractivity contribution is 0.274. The van der Waals surface area contributed by atoms with Crippen molar-refractivity contribution in [3.05, 3.63) is 52.8 Å². The highest BCUT2D eigenvalue weighted by Gasteiger charge is 2.40. The highest BCUT2D eigenvalue weighted by atomic mass is 16.3. The van der Waals surface area contributed by atoms with Crippen LogP contribution < -0.4 is 0 Å². The van der Waals surface area contributed by atoms with Gasteiger partial charge >= 0.3 is 0 Å². The van der Waals surface area contributed by atoms with Gasteiger partial charge in [-0.2, -0.15) is 0 Å². The van der Waals surface area contributed by atoms with Gasteiger partial charge in [0.2, 0.25) is 0 Å². The lowest BCUT2D eigenvalue weighted by Gasteiger charge is -2.44. The van der Waals surface area contributed by atoms with Crippen LogP contribution in [0, 0.1) is 11.8 Å². The van der Waals surface area contributed by atoms with Crippen LogP contribution in [-0.2, 0) is 5.41 Å². The molecule has 3 rings (SSSR count). The Morgan fingerprint density at radius 2 is 1.76 bits per heavy atom. The van der Waals surface area contributed by atoms with Crippen molar-refractivity contribution in [1.29, 1.82) is 0 Å². The summed E-state index contributed by atoms with van der Waals surface area (Å²) in [5.74, 6) is 1.55. The Kier molecular flexibility index (Phi) is 3.35. The maximum atomic E-state index is 9.98. The molecular weight excluding hydrogens is 260 g/mol. The number of hydrogen-bond donors (Lipinski definition) is 2. The molecule has 2 aliphatic rings. The molecule has 2 heteroatoms. The number of allylic oxidation sites excluding steroid dienone is 4. The third-order valence-electron chi connectivity index (χ3n) is 5.68. The Labute approximate surface area is 126 Å². The van der Waals surface area contributed by atoms with Crippen molar-refractivity contribution in [1.82, 2.24) is 0 Å². The van der Waals surface area contributed by atoms with E-state index < -0.39 is 0 Å². The van der Waals surface area contributed by atoms with Gasteiger partial charge in [0.05, 0.1) is 5.76 Å². The van der Waals surface area contributed by atoms with E-state index in [0.717, 1.165) is 19.3 Å². The minimum atomic E-state index is 0.104. The summed E-state index contributed by atoms with van der Waals surface area (Å²) in [6, 6.07) is 7.67. The van der Waals surface area contributed by atoms with Gasteiger partial charge in [0.25, 0.3) is 0 Å². The lowest BCUT2D eigenvalue weighted by atomic mass is 9.60. The van der Waals surface area contributed by atoms with Gasteiger partial charge in [0, 0.05) is 5.92 Å². The predicted molar refractivity (Wildman–Crippen MR) is 85.4 cm³/mol. The van der Waals surface area contributed by atoms with Gasteiger partial charge in [-0.1, -0.05) is 38.5 Å². The van der Waals surface area contributed by atoms with Crippen molar-refractivity contribution < 1.29 is 10.2 Å². The molecule has 0 aromatic heterocycles. The zero-order valence-corrected chi connectivity index (χ0v) is 13.1. The van der Waals surface area contributed by atoms with Crippen molar-refractivity contribution in [3.8, 4) is 5.75 Å². The number of benzene rings is 1. The van der Waals surface area contributed by atoms with Crippen molar-refractivity contribution in [3.63, 3.8) is 0 Å². The number of aliphatic hydroxyl groups excluding tert-OH is 1. The second kappa shape index (κ2) is 4.94. The van der Waals surface area contributed by atoms with Crippen LogP contribution in [0.5, 0.6) is 5.75 Å². The Hall–Kier alpha value is -1.70. The first-order chi connectivity index (χ1) is 9.91. The van der Waals surface area contributed by atoms with Crippen molar-refractivity contribution in [2.24, 2.45) is 11.8 Å². The summed E-state index contributed by atoms with van der Waals surface area (Å²) in [5, 5.41) is 19.5. The topological polar surface area (TPSA) is 40.5 Å². The first-order valence-corrected chi connectivity index (χ1v) is 7.84. The quantitative estimate of drug-likeness (QED) is 0.773. The summed E-state index contributed by atoms with van der Waals surface area (Å²) < 4.78 is 0. The molecule has 0 fully saturated rings. The van der Waals surface area contributed by atoms with E-state index in [4.69, 9.17) is 0 Å². The number of phenols is 1. The van der Waals surface area contributed by atoms with Crippen LogP contribution in [0.15, 0.2) is 47.2 Å². The molecule has 2 N–H and O–H groups in total. The van der Waals surface area contributed by atoms with Crippen LogP contribution in [0.4, 0.5) is 0 Å². The smallest absolute Gasteiger partial charge is 0.115 e. The summed E-state index contributed by atoms with van der Waals surface area (Å²) in [6.07, 6.45) is 5.06. The highest BCUT2D eigenvalue weighted by Crippen LogP contribution is 2.50. The highest BCUT2D eigenvalue weighted by molar-refractivity contribution is 5.42. The molecule has 0 amide bonds. The molecule has 0 aliphatic heterocycles. The van der Waals surface area contributed by atoms with E-state index in [9.17, 15) is 10.2 Å². The maximum Gasteiger partial charge on any atom is 0.115 e. The minimum Gasteiger partial charge on any atom is -0.512 e. The number of aromatic hydroxyl groups is 1. The Morgan fingerprint density at radius 1 is 1.10 bits per heavy atom. The van der Waals surface area contributed by atoms with Gasteiger partial charge in [-0.15, -0.1) is 0 Å². The lowest BCUT2D eigenvalue weighted by Crippen LogP contribution is -2.36. The van der Waals surface area contributed by atoms with E-state index in [2.05, 4.69) is 32.9 Å². The molecule has 2 aliphatic carbocycles. The molecule has 0 radical (unpaired) electrons. The molecule has 0 heterocycles. The van der Waals surface area contributed by atoms with E-state index in [1.807, 2.05) is 6.08 Å². The van der Waals surface area contributed by atoms with E-state index >= 15 is 0 Å². The Bertz CT molecular complexity index is 609. The zero-order valence-electron chi connectivity index (χ0n) is 13.1. The molecule has 2 nitrogen and oxygen atoms in total. The molecule has 0 saturated heterocycles. The fourth-order valence-electron chi connectivity index (χ4n) is 3.90. The number of rotatable bonds is 1. The van der Waals surface area contributed by atoms with Gasteiger partial charge in [0.1, 0.15) is 5.75 Å². The minimum absolute atomic E-state index is 0.104. The van der Waals surface area contributed by atoms with Crippen molar-refractivity contribution in [2.75, 3.05) is 0 Å². The first kappa shape index (κ1) is 14.2. The number of hydrogen-bond acceptors (Lipinski definition) is 2. The van der Waals surface area contributed by atoms with E-state index in [-0.39, 0.29) is 11.3 Å². The summed E-state index contributed by atoms with van der Waals surface area (Å²) in [5.41, 5.74) is 4.25. The second-order valence-electron chi connectivity index (χ2n) is 6.91. The van der Waals surface area contributed by atoms with Gasteiger partial charge in [-0.25, -0.2) is 0 Å². The SMILES string of the molecule is CC1CC2=C(C=C1O)CC[C@](C)(c1ccc(O)cc1)C2C. The number of phenolic OH excluding ortho intramolecular Hbond substituents is 1. The molecule has 0 spiro atoms. The summed E-state index contributed by atoms with van der Waals surface area (Å²) in [4.78, 5) is 0. The Morgan fingerprint density at radius 3 is 2.43 bits per heavy atom. The molecule has 112 valence electrons. The van der Waals surface area contributed by atoms with Crippen molar-refractivity contribution >= 4 is 0 Å². The summed E-state index contributed by atoms with van der Waals surface area (Å²) >= 11 is 0. The maximum absolute atomic E-state index is 9.98. The van der Waals surface area contributed by atoms with E-state index in [1.54, 1.807) is 12.1 Å². The van der Waals surface area contributed by atoms with Crippen LogP contribution in [0.1, 0.15) is 45.6 Å². The van der Waals surface area contributed by atoms with Gasteiger partial charge in [0.15, 0.2) is 0 Å². The van der Waals surface area contributed by atoms with Gasteiger partial charge < -0.3 is 10.2 Å². The monoisotopic (exact) mass is 284 g/mol. The molecule has 0 saturated carbocycles. The fraction of sp³-hybridized carbons (Fsp3) is 0.474. The molecular formula is C19H24O2. The van der Waals surface area contributed by atoms with Crippen molar-refractivity contribution in [2.45, 2.75) is 45.4 Å². The average molecular weight is 284 g/mol. The standard InChI is InChI=1S/C19H24O2/c1-12-10-17-13(2)19(3,9-8-14(17)11-18(12)21)15-4-6-16(20)7-5-15/h4-7,11-13,20-21H,8-10H2,1-3H3/t12?,13?,19-/m0/s1. The predicted octanol–water partition coefficient (Wildman–Crippen LogP) is 4.86. The summed E-state index contributed by atoms with van der Waals surface area (Å²) in [7, 11) is 0. The molecule has 3 atom stereocenters. The third-order valence-corrected chi connectivity index (χ3v) is 5.68. The van der Waals surface area contributed by atoms with Crippen LogP contribution in [0.3, 0.4) is 0 Å². The third kappa shape index (κ3) is 2.27. The molecule has 1 aromatic carbocycles. The summed E-state index contributed by atoms with van der Waals surface area (Å²) in [6.45, 7) is 6.73. The molecule has 0 bridgehead atoms. The largest absolute Gasteiger partial charge is 0.512 e. The normalized spacial score (nSPS) is 32.6. The zero-order chi connectivity index (χ0) is 15.2. The van der Waals surface area contributed by atoms with Gasteiger partial charge in [-0.3, -0.25) is 0 Å². The fourth-order valence-corrected chi connectivity index (χ4v) is 3.90. The molecule has 21 heavy (non-hydrogen) atoms. The van der Waals surface area contributed by atoms with E-state index in [1.165, 1.54) is 16.7 Å². The average Bonchev–Trinajstić information content (AvgIpc) is 2.46. The van der Waals surface area contributed by atoms with Gasteiger partial charge in [-0.05, 0) is 59.9 Å². The number of aliphatic hydroxyl groups is 1. The van der Waals surface area contributed by atoms with Crippen LogP contribution >= 0.6 is 0 Å². The Balaban J connectivity index is 1.99.